The number of nitrogens with zero attached hydrogens (tertiary/aromatic N) is 3. The molecule has 1 aliphatic rings. The number of hydrogen-bond acceptors (Lipinski definition) is 6. The maximum Gasteiger partial charge on any atom is 0.308 e. The number of nitrogens with one attached hydrogen (secondary N) is 1. The van der Waals surface area contributed by atoms with E-state index in [4.69, 9.17) is 0 Å². The third kappa shape index (κ3) is 4.85. The maximum atomic E-state index is 12.8. The normalized spacial score (nSPS) is 15.6. The lowest BCUT2D eigenvalue weighted by atomic mass is 10.2. The topological polar surface area (TPSA) is 74.6 Å². The fourth-order valence-electron chi connectivity index (χ4n) is 3.80. The Hall–Kier alpha value is -2.20. The van der Waals surface area contributed by atoms with Crippen LogP contribution in [-0.2, 0) is 23.1 Å². The predicted molar refractivity (Wildman–Crippen MR) is 127 cm³/mol. The van der Waals surface area contributed by atoms with Crippen molar-refractivity contribution >= 4 is 37.3 Å². The van der Waals surface area contributed by atoms with Crippen LogP contribution in [0, 0.1) is 0 Å². The highest BCUT2D eigenvalue weighted by atomic mass is 32.2. The molecule has 1 saturated heterocycles. The first-order chi connectivity index (χ1) is 14.9. The van der Waals surface area contributed by atoms with E-state index in [0.29, 0.717) is 11.2 Å². The summed E-state index contributed by atoms with van der Waals surface area (Å²) >= 11 is 1.09. The molecular formula is C22H28N4O3S2. The number of thiazole rings is 1. The largest absolute Gasteiger partial charge is 0.369 e. The molecule has 7 nitrogen and oxygen atoms in total. The van der Waals surface area contributed by atoms with Gasteiger partial charge in [0.05, 0.1) is 15.1 Å². The zero-order valence-electron chi connectivity index (χ0n) is 17.9. The van der Waals surface area contributed by atoms with Crippen molar-refractivity contribution in [3.8, 4) is 0 Å². The van der Waals surface area contributed by atoms with Gasteiger partial charge in [0.2, 0.25) is 10.0 Å². The molecule has 0 saturated carbocycles. The van der Waals surface area contributed by atoms with E-state index >= 15 is 0 Å². The van der Waals surface area contributed by atoms with Crippen LogP contribution in [-0.4, -0.2) is 51.1 Å². The summed E-state index contributed by atoms with van der Waals surface area (Å²) in [5, 5.41) is 0. The first kappa shape index (κ1) is 22.0. The predicted octanol–water partition coefficient (Wildman–Crippen LogP) is 2.70. The van der Waals surface area contributed by atoms with Gasteiger partial charge in [-0.25, -0.2) is 13.1 Å². The van der Waals surface area contributed by atoms with Gasteiger partial charge in [-0.1, -0.05) is 30.4 Å². The molecule has 0 spiro atoms. The van der Waals surface area contributed by atoms with E-state index in [2.05, 4.69) is 33.7 Å². The van der Waals surface area contributed by atoms with E-state index in [1.165, 1.54) is 0 Å². The molecule has 0 bridgehead atoms. The smallest absolute Gasteiger partial charge is 0.308 e. The number of likely N-dealkylation sites (N-methyl/N-ethyl adjacent to an activating group) is 1. The van der Waals surface area contributed by atoms with Crippen LogP contribution in [0.25, 0.3) is 10.2 Å². The highest BCUT2D eigenvalue weighted by Crippen LogP contribution is 2.22. The Labute approximate surface area is 187 Å². The van der Waals surface area contributed by atoms with Crippen LogP contribution in [0.15, 0.2) is 52.2 Å². The second-order valence-electron chi connectivity index (χ2n) is 7.93. The van der Waals surface area contributed by atoms with Crippen molar-refractivity contribution in [3.05, 3.63) is 57.7 Å². The molecule has 2 aromatic carbocycles. The van der Waals surface area contributed by atoms with Gasteiger partial charge in [0.25, 0.3) is 0 Å². The molecule has 1 fully saturated rings. The number of aromatic nitrogens is 1. The van der Waals surface area contributed by atoms with E-state index < -0.39 is 10.0 Å². The van der Waals surface area contributed by atoms with Crippen LogP contribution in [0.2, 0.25) is 0 Å². The van der Waals surface area contributed by atoms with Crippen LogP contribution >= 0.6 is 11.3 Å². The fourth-order valence-corrected chi connectivity index (χ4v) is 5.87. The Kier molecular flexibility index (Phi) is 6.47. The first-order valence-electron chi connectivity index (χ1n) is 10.5. The number of rotatable bonds is 7. The number of piperazine rings is 1. The van der Waals surface area contributed by atoms with E-state index in [-0.39, 0.29) is 16.3 Å². The molecule has 31 heavy (non-hydrogen) atoms. The molecule has 1 aromatic heterocycles. The molecule has 4 rings (SSSR count). The van der Waals surface area contributed by atoms with Crippen molar-refractivity contribution in [2.45, 2.75) is 31.3 Å². The van der Waals surface area contributed by atoms with E-state index in [1.807, 2.05) is 19.1 Å². The Morgan fingerprint density at radius 3 is 2.42 bits per heavy atom. The molecule has 0 unspecified atom stereocenters. The molecule has 9 heteroatoms. The van der Waals surface area contributed by atoms with Crippen LogP contribution < -0.4 is 14.5 Å². The minimum absolute atomic E-state index is 0.0557. The zero-order valence-corrected chi connectivity index (χ0v) is 19.5. The standard InChI is InChI=1S/C22H28N4O3S2/c1-3-10-26-20-9-8-19(15-21(20)30-22(26)27)31(28,29)23-16-17-4-6-18(7-5-17)25-13-11-24(2)12-14-25/h4-9,15,23H,3,10-14,16H2,1-2H3. The van der Waals surface area contributed by atoms with Gasteiger partial charge in [-0.15, -0.1) is 0 Å². The summed E-state index contributed by atoms with van der Waals surface area (Å²) in [6, 6.07) is 12.9. The number of aryl methyl sites for hydroxylation is 1. The third-order valence-electron chi connectivity index (χ3n) is 5.67. The van der Waals surface area contributed by atoms with Gasteiger partial charge in [-0.05, 0) is 49.4 Å². The zero-order chi connectivity index (χ0) is 22.0. The highest BCUT2D eigenvalue weighted by molar-refractivity contribution is 7.89. The van der Waals surface area contributed by atoms with Gasteiger partial charge >= 0.3 is 4.87 Å². The van der Waals surface area contributed by atoms with Gasteiger partial charge in [0, 0.05) is 45.0 Å². The average molecular weight is 461 g/mol. The quantitative estimate of drug-likeness (QED) is 0.587. The van der Waals surface area contributed by atoms with Crippen molar-refractivity contribution in [2.75, 3.05) is 38.1 Å². The Morgan fingerprint density at radius 2 is 1.74 bits per heavy atom. The lowest BCUT2D eigenvalue weighted by molar-refractivity contribution is 0.313. The van der Waals surface area contributed by atoms with E-state index in [0.717, 1.165) is 60.7 Å². The number of benzene rings is 2. The van der Waals surface area contributed by atoms with E-state index in [1.54, 1.807) is 22.8 Å². The molecule has 2 heterocycles. The van der Waals surface area contributed by atoms with Crippen LogP contribution in [0.4, 0.5) is 5.69 Å². The molecule has 1 aliphatic heterocycles. The minimum atomic E-state index is -3.67. The Balaban J connectivity index is 1.45. The van der Waals surface area contributed by atoms with Gasteiger partial charge in [0.1, 0.15) is 0 Å². The van der Waals surface area contributed by atoms with Gasteiger partial charge in [-0.3, -0.25) is 9.36 Å². The third-order valence-corrected chi connectivity index (χ3v) is 8.01. The monoisotopic (exact) mass is 460 g/mol. The summed E-state index contributed by atoms with van der Waals surface area (Å²) in [5.74, 6) is 0. The second-order valence-corrected chi connectivity index (χ2v) is 10.7. The Bertz CT molecular complexity index is 1210. The SMILES string of the molecule is CCCn1c(=O)sc2cc(S(=O)(=O)NCc3ccc(N4CCN(C)CC4)cc3)ccc21. The van der Waals surface area contributed by atoms with Crippen LogP contribution in [0.3, 0.4) is 0 Å². The Morgan fingerprint density at radius 1 is 1.03 bits per heavy atom. The minimum Gasteiger partial charge on any atom is -0.369 e. The fraction of sp³-hybridized carbons (Fsp3) is 0.409. The van der Waals surface area contributed by atoms with Crippen LogP contribution in [0.1, 0.15) is 18.9 Å². The molecule has 3 aromatic rings. The maximum absolute atomic E-state index is 12.8. The summed E-state index contributed by atoms with van der Waals surface area (Å²) in [7, 11) is -1.54. The van der Waals surface area contributed by atoms with Crippen LogP contribution in [0.5, 0.6) is 0 Å². The second kappa shape index (κ2) is 9.12. The summed E-state index contributed by atoms with van der Waals surface area (Å²) in [6.45, 7) is 6.94. The summed E-state index contributed by atoms with van der Waals surface area (Å²) in [6.07, 6.45) is 0.848. The summed E-state index contributed by atoms with van der Waals surface area (Å²) in [5.41, 5.74) is 2.85. The van der Waals surface area contributed by atoms with Crippen molar-refractivity contribution in [2.24, 2.45) is 0 Å². The van der Waals surface area contributed by atoms with Crippen molar-refractivity contribution < 1.29 is 8.42 Å². The number of hydrogen-bond donors (Lipinski definition) is 1. The van der Waals surface area contributed by atoms with E-state index in [9.17, 15) is 13.2 Å². The molecule has 0 aliphatic carbocycles. The molecular weight excluding hydrogens is 432 g/mol. The average Bonchev–Trinajstić information content (AvgIpc) is 3.08. The van der Waals surface area contributed by atoms with Gasteiger partial charge in [0.15, 0.2) is 0 Å². The summed E-state index contributed by atoms with van der Waals surface area (Å²) < 4.78 is 30.7. The molecule has 0 radical (unpaired) electrons. The number of anilines is 1. The first-order valence-corrected chi connectivity index (χ1v) is 12.8. The van der Waals surface area contributed by atoms with Gasteiger partial charge in [-0.2, -0.15) is 0 Å². The lowest BCUT2D eigenvalue weighted by Crippen LogP contribution is -2.44. The summed E-state index contributed by atoms with van der Waals surface area (Å²) in [4.78, 5) is 17.0. The lowest BCUT2D eigenvalue weighted by Gasteiger charge is -2.34. The van der Waals surface area contributed by atoms with Crippen molar-refractivity contribution in [1.82, 2.24) is 14.2 Å². The van der Waals surface area contributed by atoms with Crippen molar-refractivity contribution in [3.63, 3.8) is 0 Å². The molecule has 0 amide bonds. The highest BCUT2D eigenvalue weighted by Gasteiger charge is 2.17. The molecule has 0 atom stereocenters. The molecule has 1 N–H and O–H groups in total. The molecule has 166 valence electrons. The van der Waals surface area contributed by atoms with Crippen molar-refractivity contribution in [1.29, 1.82) is 0 Å². The van der Waals surface area contributed by atoms with Gasteiger partial charge < -0.3 is 9.80 Å². The number of fused-ring (bicyclic) bond motifs is 1. The number of sulfonamides is 1.